The maximum absolute atomic E-state index is 13.7. The summed E-state index contributed by atoms with van der Waals surface area (Å²) in [5, 5.41) is 5.64. The van der Waals surface area contributed by atoms with E-state index in [-0.39, 0.29) is 0 Å². The summed E-state index contributed by atoms with van der Waals surface area (Å²) in [6, 6.07) is 6.29. The van der Waals surface area contributed by atoms with E-state index in [1.807, 2.05) is 0 Å². The fraction of sp³-hybridized carbons (Fsp3) is 0.0500. The first kappa shape index (κ1) is 27.5. The van der Waals surface area contributed by atoms with Gasteiger partial charge in [0.05, 0.1) is 41.0 Å². The normalized spacial score (nSPS) is 12.4. The minimum atomic E-state index is -5.24. The first-order chi connectivity index (χ1) is 16.0. The second-order valence-corrected chi connectivity index (χ2v) is 12.0. The summed E-state index contributed by atoms with van der Waals surface area (Å²) in [4.78, 5) is -4.30. The largest absolute Gasteiger partial charge is 0.417 e. The molecule has 0 amide bonds. The number of hydrogen-bond acceptors (Lipinski definition) is 5. The van der Waals surface area contributed by atoms with Gasteiger partial charge in [-0.1, -0.05) is 52.5 Å². The van der Waals surface area contributed by atoms with Crippen molar-refractivity contribution in [3.8, 4) is 6.07 Å². The van der Waals surface area contributed by atoms with Gasteiger partial charge in [-0.25, -0.2) is 21.2 Å². The van der Waals surface area contributed by atoms with Crippen molar-refractivity contribution >= 4 is 66.1 Å². The molecule has 0 aliphatic rings. The monoisotopic (exact) mass is 605 g/mol. The Labute approximate surface area is 216 Å². The number of halogens is 8. The molecule has 3 aromatic rings. The molecule has 0 bridgehead atoms. The second kappa shape index (κ2) is 9.42. The Hall–Kier alpha value is -2.07. The van der Waals surface area contributed by atoms with Crippen molar-refractivity contribution in [1.29, 1.82) is 5.26 Å². The fourth-order valence-corrected chi connectivity index (χ4v) is 8.19. The highest BCUT2D eigenvalue weighted by molar-refractivity contribution is 7.92. The number of rotatable bonds is 4. The van der Waals surface area contributed by atoms with E-state index >= 15 is 0 Å². The summed E-state index contributed by atoms with van der Waals surface area (Å²) in [5.74, 6) is -1.04. The predicted molar refractivity (Wildman–Crippen MR) is 120 cm³/mol. The van der Waals surface area contributed by atoms with E-state index in [4.69, 9.17) is 51.7 Å². The van der Waals surface area contributed by atoms with Gasteiger partial charge in [-0.15, -0.1) is 0 Å². The highest BCUT2D eigenvalue weighted by Gasteiger charge is 2.41. The number of nitriles is 1. The van der Waals surface area contributed by atoms with Crippen LogP contribution < -0.4 is 0 Å². The Kier molecular flexibility index (Phi) is 7.41. The number of benzene rings is 3. The average molecular weight is 607 g/mol. The number of nitrogens with zero attached hydrogens (tertiary/aromatic N) is 1. The lowest BCUT2D eigenvalue weighted by Gasteiger charge is -2.18. The van der Waals surface area contributed by atoms with Gasteiger partial charge in [0.1, 0.15) is 21.7 Å². The summed E-state index contributed by atoms with van der Waals surface area (Å²) in [6.45, 7) is 0. The number of alkyl halides is 3. The number of hydrogen-bond donors (Lipinski definition) is 0. The molecular formula is C20H7Cl4F4NO4S2. The Balaban J connectivity index is 2.40. The molecule has 0 radical (unpaired) electrons. The zero-order valence-corrected chi connectivity index (χ0v) is 21.1. The molecule has 5 nitrogen and oxygen atoms in total. The van der Waals surface area contributed by atoms with Crippen LogP contribution in [0.15, 0.2) is 62.0 Å². The molecule has 0 aliphatic carbocycles. The van der Waals surface area contributed by atoms with E-state index in [0.717, 1.165) is 18.2 Å². The Morgan fingerprint density at radius 2 is 1.43 bits per heavy atom. The van der Waals surface area contributed by atoms with Crippen LogP contribution in [0.2, 0.25) is 20.1 Å². The minimum Gasteiger partial charge on any atom is -0.218 e. The van der Waals surface area contributed by atoms with Crippen LogP contribution in [0.3, 0.4) is 0 Å². The van der Waals surface area contributed by atoms with Crippen LogP contribution >= 0.6 is 46.4 Å². The quantitative estimate of drug-likeness (QED) is 0.181. The zero-order chi connectivity index (χ0) is 26.5. The van der Waals surface area contributed by atoms with Crippen LogP contribution in [-0.4, -0.2) is 16.8 Å². The summed E-state index contributed by atoms with van der Waals surface area (Å²) in [5.41, 5.74) is -2.30. The lowest BCUT2D eigenvalue weighted by molar-refractivity contribution is -0.139. The molecule has 0 spiro atoms. The molecule has 0 fully saturated rings. The molecule has 0 atom stereocenters. The molecular weight excluding hydrogens is 600 g/mol. The van der Waals surface area contributed by atoms with Gasteiger partial charge in [0.2, 0.25) is 19.7 Å². The third-order valence-electron chi connectivity index (χ3n) is 4.55. The van der Waals surface area contributed by atoms with Crippen LogP contribution in [0.1, 0.15) is 11.1 Å². The maximum Gasteiger partial charge on any atom is 0.417 e. The summed E-state index contributed by atoms with van der Waals surface area (Å²) >= 11 is 23.9. The molecule has 184 valence electrons. The van der Waals surface area contributed by atoms with E-state index in [2.05, 4.69) is 0 Å². The molecule has 35 heavy (non-hydrogen) atoms. The van der Waals surface area contributed by atoms with E-state index in [1.165, 1.54) is 6.07 Å². The fourth-order valence-electron chi connectivity index (χ4n) is 2.98. The van der Waals surface area contributed by atoms with Crippen molar-refractivity contribution in [2.45, 2.75) is 25.8 Å². The van der Waals surface area contributed by atoms with Gasteiger partial charge in [0.25, 0.3) is 0 Å². The number of sulfone groups is 2. The summed E-state index contributed by atoms with van der Waals surface area (Å²) in [7, 11) is -10.1. The Morgan fingerprint density at radius 1 is 0.800 bits per heavy atom. The predicted octanol–water partition coefficient (Wildman–Crippen LogP) is 7.00. The van der Waals surface area contributed by atoms with Crippen LogP contribution in [0.4, 0.5) is 17.6 Å². The zero-order valence-electron chi connectivity index (χ0n) is 16.5. The van der Waals surface area contributed by atoms with Crippen LogP contribution in [0, 0.1) is 17.1 Å². The Morgan fingerprint density at radius 3 is 2.00 bits per heavy atom. The minimum absolute atomic E-state index is 0.462. The molecule has 0 aliphatic heterocycles. The van der Waals surface area contributed by atoms with Gasteiger partial charge in [0, 0.05) is 0 Å². The SMILES string of the molecule is N#Cc1cc(S(=O)(=O)c2c(Cl)c(Cl)cc(S(=O)(=O)c3c(Cl)cccc3C(F)(F)F)c2Cl)ccc1F. The van der Waals surface area contributed by atoms with E-state index in [9.17, 15) is 34.4 Å². The van der Waals surface area contributed by atoms with Gasteiger partial charge in [0.15, 0.2) is 0 Å². The van der Waals surface area contributed by atoms with Gasteiger partial charge in [-0.3, -0.25) is 0 Å². The molecule has 0 saturated carbocycles. The molecule has 0 saturated heterocycles. The van der Waals surface area contributed by atoms with Gasteiger partial charge < -0.3 is 0 Å². The third-order valence-corrected chi connectivity index (χ3v) is 10.2. The molecule has 3 aromatic carbocycles. The van der Waals surface area contributed by atoms with Gasteiger partial charge in [-0.2, -0.15) is 18.4 Å². The summed E-state index contributed by atoms with van der Waals surface area (Å²) in [6.07, 6.45) is -5.16. The molecule has 0 N–H and O–H groups in total. The van der Waals surface area contributed by atoms with Crippen molar-refractivity contribution in [3.05, 3.63) is 79.5 Å². The van der Waals surface area contributed by atoms with E-state index in [1.54, 1.807) is 0 Å². The van der Waals surface area contributed by atoms with Crippen molar-refractivity contribution in [2.24, 2.45) is 0 Å². The molecule has 3 rings (SSSR count). The second-order valence-electron chi connectivity index (χ2n) is 6.69. The maximum atomic E-state index is 13.7. The van der Waals surface area contributed by atoms with Crippen molar-refractivity contribution in [1.82, 2.24) is 0 Å². The lowest BCUT2D eigenvalue weighted by Crippen LogP contribution is -2.15. The molecule has 0 aromatic heterocycles. The molecule has 15 heteroatoms. The van der Waals surface area contributed by atoms with Crippen molar-refractivity contribution < 1.29 is 34.4 Å². The Bertz CT molecular complexity index is 1630. The lowest BCUT2D eigenvalue weighted by atomic mass is 10.2. The van der Waals surface area contributed by atoms with Crippen molar-refractivity contribution in [2.75, 3.05) is 0 Å². The molecule has 0 heterocycles. The highest BCUT2D eigenvalue weighted by atomic mass is 35.5. The first-order valence-electron chi connectivity index (χ1n) is 8.78. The topological polar surface area (TPSA) is 92.1 Å². The van der Waals surface area contributed by atoms with Crippen LogP contribution in [0.25, 0.3) is 0 Å². The highest BCUT2D eigenvalue weighted by Crippen LogP contribution is 2.46. The molecule has 0 unspecified atom stereocenters. The van der Waals surface area contributed by atoms with E-state index in [0.29, 0.717) is 24.3 Å². The van der Waals surface area contributed by atoms with Gasteiger partial charge >= 0.3 is 6.18 Å². The van der Waals surface area contributed by atoms with Crippen molar-refractivity contribution in [3.63, 3.8) is 0 Å². The van der Waals surface area contributed by atoms with E-state index < -0.39 is 82.5 Å². The van der Waals surface area contributed by atoms with Crippen LogP contribution in [-0.2, 0) is 25.9 Å². The first-order valence-corrected chi connectivity index (χ1v) is 13.3. The standard InChI is InChI=1S/C20H7Cl4F4NO4S2/c21-12-3-1-2-11(20(26,27)28)18(12)35(32,33)15-7-13(22)16(23)19(17(15)24)34(30,31)10-4-5-14(25)9(6-10)8-29/h1-7H. The third kappa shape index (κ3) is 4.83. The van der Waals surface area contributed by atoms with Gasteiger partial charge in [-0.05, 0) is 36.4 Å². The smallest absolute Gasteiger partial charge is 0.218 e. The average Bonchev–Trinajstić information content (AvgIpc) is 2.75. The van der Waals surface area contributed by atoms with Crippen LogP contribution in [0.5, 0.6) is 0 Å². The summed E-state index contributed by atoms with van der Waals surface area (Å²) < 4.78 is 107.